The largest absolute Gasteiger partial charge is 0.295 e. The minimum absolute atomic E-state index is 0.155. The van der Waals surface area contributed by atoms with Gasteiger partial charge in [-0.15, -0.1) is 10.2 Å². The van der Waals surface area contributed by atoms with Crippen molar-refractivity contribution < 1.29 is 4.79 Å². The van der Waals surface area contributed by atoms with Gasteiger partial charge in [0.25, 0.3) is 11.5 Å². The zero-order valence-corrected chi connectivity index (χ0v) is 15.2. The van der Waals surface area contributed by atoms with E-state index in [1.165, 1.54) is 16.0 Å². The highest BCUT2D eigenvalue weighted by molar-refractivity contribution is 7.15. The summed E-state index contributed by atoms with van der Waals surface area (Å²) in [5.41, 5.74) is 0.464. The molecule has 0 atom stereocenters. The molecule has 0 saturated heterocycles. The molecule has 0 aliphatic carbocycles. The quantitative estimate of drug-likeness (QED) is 0.590. The van der Waals surface area contributed by atoms with Crippen molar-refractivity contribution in [3.63, 3.8) is 0 Å². The number of fused-ring (bicyclic) bond motifs is 1. The molecular formula is C19H15N5O2S. The van der Waals surface area contributed by atoms with Gasteiger partial charge in [-0.3, -0.25) is 14.9 Å². The van der Waals surface area contributed by atoms with Crippen LogP contribution in [0, 0.1) is 0 Å². The molecule has 0 saturated carbocycles. The number of aryl methyl sites for hydroxylation is 1. The second kappa shape index (κ2) is 7.08. The number of anilines is 1. The van der Waals surface area contributed by atoms with Gasteiger partial charge in [-0.1, -0.05) is 54.7 Å². The maximum Gasteiger partial charge on any atom is 0.279 e. The standard InChI is InChI=1S/C19H15N5O2S/c1-2-15-21-22-19(27-15)20-17(25)16-13-10-6-7-11-14(13)18(26)24(23-16)12-8-4-3-5-9-12/h3-11H,2H2,1H3,(H,20,22,25). The van der Waals surface area contributed by atoms with Crippen molar-refractivity contribution in [3.8, 4) is 5.69 Å². The van der Waals surface area contributed by atoms with Crippen LogP contribution in [0.1, 0.15) is 22.4 Å². The smallest absolute Gasteiger partial charge is 0.279 e. The zero-order chi connectivity index (χ0) is 18.8. The lowest BCUT2D eigenvalue weighted by atomic mass is 10.1. The number of nitrogens with zero attached hydrogens (tertiary/aromatic N) is 4. The molecule has 4 rings (SSSR count). The van der Waals surface area contributed by atoms with Gasteiger partial charge in [-0.2, -0.15) is 9.78 Å². The monoisotopic (exact) mass is 377 g/mol. The normalized spacial score (nSPS) is 10.9. The first-order valence-electron chi connectivity index (χ1n) is 8.38. The molecule has 27 heavy (non-hydrogen) atoms. The minimum Gasteiger partial charge on any atom is -0.295 e. The van der Waals surface area contributed by atoms with Crippen LogP contribution in [0.4, 0.5) is 5.13 Å². The first-order chi connectivity index (χ1) is 13.2. The molecule has 1 N–H and O–H groups in total. The lowest BCUT2D eigenvalue weighted by molar-refractivity contribution is 0.102. The van der Waals surface area contributed by atoms with E-state index in [1.807, 2.05) is 25.1 Å². The molecule has 134 valence electrons. The highest BCUT2D eigenvalue weighted by Crippen LogP contribution is 2.19. The van der Waals surface area contributed by atoms with Gasteiger partial charge in [0.05, 0.1) is 11.1 Å². The predicted molar refractivity (Wildman–Crippen MR) is 105 cm³/mol. The van der Waals surface area contributed by atoms with Gasteiger partial charge >= 0.3 is 0 Å². The number of carbonyl (C=O) groups excluding carboxylic acids is 1. The SMILES string of the molecule is CCc1nnc(NC(=O)c2nn(-c3ccccc3)c(=O)c3ccccc23)s1. The highest BCUT2D eigenvalue weighted by atomic mass is 32.1. The van der Waals surface area contributed by atoms with Gasteiger partial charge in [0.15, 0.2) is 5.69 Å². The molecule has 0 bridgehead atoms. The topological polar surface area (TPSA) is 89.8 Å². The van der Waals surface area contributed by atoms with Crippen LogP contribution in [-0.4, -0.2) is 25.9 Å². The van der Waals surface area contributed by atoms with Crippen molar-refractivity contribution in [2.45, 2.75) is 13.3 Å². The Morgan fingerprint density at radius 3 is 2.44 bits per heavy atom. The summed E-state index contributed by atoms with van der Waals surface area (Å²) >= 11 is 1.31. The highest BCUT2D eigenvalue weighted by Gasteiger charge is 2.18. The molecule has 2 aromatic carbocycles. The molecule has 4 aromatic rings. The average Bonchev–Trinajstić information content (AvgIpc) is 3.16. The molecule has 0 radical (unpaired) electrons. The summed E-state index contributed by atoms with van der Waals surface area (Å²) in [4.78, 5) is 25.7. The van der Waals surface area contributed by atoms with E-state index in [0.29, 0.717) is 21.6 Å². The van der Waals surface area contributed by atoms with Gasteiger partial charge in [0.2, 0.25) is 5.13 Å². The van der Waals surface area contributed by atoms with Gasteiger partial charge in [-0.05, 0) is 24.6 Å². The molecule has 2 aromatic heterocycles. The van der Waals surface area contributed by atoms with E-state index in [0.717, 1.165) is 11.4 Å². The Morgan fingerprint density at radius 1 is 1.04 bits per heavy atom. The van der Waals surface area contributed by atoms with E-state index in [2.05, 4.69) is 20.6 Å². The van der Waals surface area contributed by atoms with Crippen LogP contribution in [0.3, 0.4) is 0 Å². The molecule has 0 spiro atoms. The maximum absolute atomic E-state index is 12.9. The first kappa shape index (κ1) is 17.0. The van der Waals surface area contributed by atoms with E-state index in [9.17, 15) is 9.59 Å². The fourth-order valence-electron chi connectivity index (χ4n) is 2.70. The minimum atomic E-state index is -0.435. The molecule has 1 amide bonds. The number of hydrogen-bond acceptors (Lipinski definition) is 6. The Balaban J connectivity index is 1.85. The molecule has 0 fully saturated rings. The van der Waals surface area contributed by atoms with Gasteiger partial charge in [-0.25, -0.2) is 0 Å². The molecule has 0 aliphatic rings. The van der Waals surface area contributed by atoms with Crippen molar-refractivity contribution in [1.29, 1.82) is 0 Å². The number of aromatic nitrogens is 4. The number of amides is 1. The second-order valence-electron chi connectivity index (χ2n) is 5.76. The molecule has 2 heterocycles. The third kappa shape index (κ3) is 3.22. The number of nitrogens with one attached hydrogen (secondary N) is 1. The summed E-state index contributed by atoms with van der Waals surface area (Å²) in [5, 5.41) is 17.2. The number of rotatable bonds is 4. The maximum atomic E-state index is 12.9. The third-order valence-electron chi connectivity index (χ3n) is 4.01. The number of benzene rings is 2. The van der Waals surface area contributed by atoms with Crippen molar-refractivity contribution in [1.82, 2.24) is 20.0 Å². The van der Waals surface area contributed by atoms with Crippen LogP contribution in [0.2, 0.25) is 0 Å². The lowest BCUT2D eigenvalue weighted by Crippen LogP contribution is -2.26. The fraction of sp³-hybridized carbons (Fsp3) is 0.105. The summed E-state index contributed by atoms with van der Waals surface area (Å²) in [6.07, 6.45) is 0.744. The van der Waals surface area contributed by atoms with Crippen LogP contribution in [-0.2, 0) is 6.42 Å². The fourth-order valence-corrected chi connectivity index (χ4v) is 3.38. The number of hydrogen-bond donors (Lipinski definition) is 1. The summed E-state index contributed by atoms with van der Waals surface area (Å²) in [7, 11) is 0. The summed E-state index contributed by atoms with van der Waals surface area (Å²) in [5.74, 6) is -0.435. The lowest BCUT2D eigenvalue weighted by Gasteiger charge is -2.10. The second-order valence-corrected chi connectivity index (χ2v) is 6.82. The first-order valence-corrected chi connectivity index (χ1v) is 9.20. The molecule has 7 nitrogen and oxygen atoms in total. The molecule has 0 aliphatic heterocycles. The Kier molecular flexibility index (Phi) is 4.47. The Bertz CT molecular complexity index is 1180. The van der Waals surface area contributed by atoms with Crippen LogP contribution in [0.5, 0.6) is 0 Å². The molecule has 0 unspecified atom stereocenters. The van der Waals surface area contributed by atoms with Crippen LogP contribution < -0.4 is 10.9 Å². The van der Waals surface area contributed by atoms with E-state index in [-0.39, 0.29) is 11.3 Å². The Hall–Kier alpha value is -3.39. The van der Waals surface area contributed by atoms with Gasteiger partial charge in [0, 0.05) is 5.39 Å². The van der Waals surface area contributed by atoms with Crippen molar-refractivity contribution in [3.05, 3.63) is 75.7 Å². The number of para-hydroxylation sites is 1. The average molecular weight is 377 g/mol. The van der Waals surface area contributed by atoms with Gasteiger partial charge < -0.3 is 0 Å². The van der Waals surface area contributed by atoms with Crippen molar-refractivity contribution in [2.24, 2.45) is 0 Å². The van der Waals surface area contributed by atoms with Crippen LogP contribution in [0.15, 0.2) is 59.4 Å². The van der Waals surface area contributed by atoms with E-state index < -0.39 is 5.91 Å². The third-order valence-corrected chi connectivity index (χ3v) is 4.99. The van der Waals surface area contributed by atoms with E-state index in [4.69, 9.17) is 0 Å². The van der Waals surface area contributed by atoms with Crippen molar-refractivity contribution in [2.75, 3.05) is 5.32 Å². The Morgan fingerprint density at radius 2 is 1.74 bits per heavy atom. The summed E-state index contributed by atoms with van der Waals surface area (Å²) in [6.45, 7) is 1.97. The number of carbonyl (C=O) groups is 1. The zero-order valence-electron chi connectivity index (χ0n) is 14.4. The summed E-state index contributed by atoms with van der Waals surface area (Å²) < 4.78 is 1.24. The van der Waals surface area contributed by atoms with Crippen LogP contribution >= 0.6 is 11.3 Å². The van der Waals surface area contributed by atoms with Crippen molar-refractivity contribution >= 4 is 33.1 Å². The summed E-state index contributed by atoms with van der Waals surface area (Å²) in [6, 6.07) is 15.9. The Labute approximate surface area is 158 Å². The van der Waals surface area contributed by atoms with E-state index in [1.54, 1.807) is 36.4 Å². The van der Waals surface area contributed by atoms with Gasteiger partial charge in [0.1, 0.15) is 5.01 Å². The van der Waals surface area contributed by atoms with E-state index >= 15 is 0 Å². The molecule has 8 heteroatoms. The molecular weight excluding hydrogens is 362 g/mol. The predicted octanol–water partition coefficient (Wildman–Crippen LogP) is 3.05. The van der Waals surface area contributed by atoms with Crippen LogP contribution in [0.25, 0.3) is 16.5 Å².